The molecule has 0 rings (SSSR count). The number of quaternary nitrogens is 1. The van der Waals surface area contributed by atoms with Gasteiger partial charge in [-0.3, -0.25) is 13.8 Å². The van der Waals surface area contributed by atoms with Crippen molar-refractivity contribution in [3.63, 3.8) is 0 Å². The van der Waals surface area contributed by atoms with Crippen molar-refractivity contribution in [1.29, 1.82) is 0 Å². The van der Waals surface area contributed by atoms with Gasteiger partial charge in [0, 0.05) is 13.0 Å². The van der Waals surface area contributed by atoms with E-state index >= 15 is 0 Å². The van der Waals surface area contributed by atoms with Crippen LogP contribution in [0.15, 0.2) is 36.5 Å². The molecule has 0 spiro atoms. The van der Waals surface area contributed by atoms with E-state index in [2.05, 4.69) is 50.3 Å². The Kier molecular flexibility index (Phi) is 47.2. The fourth-order valence-electron chi connectivity index (χ4n) is 7.74. The molecule has 0 amide bonds. The number of rotatable bonds is 51. The van der Waals surface area contributed by atoms with E-state index in [4.69, 9.17) is 18.5 Å². The summed E-state index contributed by atoms with van der Waals surface area (Å²) in [6, 6.07) is 0. The zero-order valence-electron chi connectivity index (χ0n) is 43.0. The topological polar surface area (TPSA) is 91.3 Å². The van der Waals surface area contributed by atoms with Crippen molar-refractivity contribution < 1.29 is 37.3 Å². The van der Waals surface area contributed by atoms with E-state index in [0.29, 0.717) is 24.1 Å². The average Bonchev–Trinajstić information content (AvgIpc) is 3.25. The summed E-state index contributed by atoms with van der Waals surface area (Å²) in [6.07, 6.45) is 59.0. The first kappa shape index (κ1) is 62.7. The number of carbonyl (C=O) groups is 1. The average molecular weight is 925 g/mol. The Morgan fingerprint density at radius 1 is 0.484 bits per heavy atom. The molecule has 0 radical (unpaired) electrons. The standard InChI is InChI=1S/C55H106NO7P/c1-6-8-10-12-14-16-18-20-22-24-25-26-27-28-29-30-31-32-34-36-38-40-42-44-46-48-55(57)63-54(53-62-64(58,59)61-51-49-56(3,4)5)52-60-50-47-45-43-41-39-37-35-33-23-21-19-17-15-13-11-9-7-2/h18,20,24-25,27-28,54H,6-17,19,21-23,26,29-53H2,1-5H3/p+1/b20-18-,25-24-,28-27-. The van der Waals surface area contributed by atoms with Crippen molar-refractivity contribution in [2.24, 2.45) is 0 Å². The minimum absolute atomic E-state index is 0.0892. The van der Waals surface area contributed by atoms with E-state index in [1.165, 1.54) is 186 Å². The van der Waals surface area contributed by atoms with Crippen molar-refractivity contribution >= 4 is 13.8 Å². The number of unbranched alkanes of at least 4 members (excludes halogenated alkanes) is 31. The van der Waals surface area contributed by atoms with Crippen LogP contribution in [0.2, 0.25) is 0 Å². The van der Waals surface area contributed by atoms with Gasteiger partial charge in [-0.1, -0.05) is 230 Å². The molecule has 0 heterocycles. The number of esters is 1. The Hall–Kier alpha value is -1.28. The van der Waals surface area contributed by atoms with Crippen LogP contribution in [0.4, 0.5) is 0 Å². The zero-order chi connectivity index (χ0) is 46.9. The minimum atomic E-state index is -4.28. The second-order valence-corrected chi connectivity index (χ2v) is 21.1. The number of hydrogen-bond donors (Lipinski definition) is 1. The monoisotopic (exact) mass is 925 g/mol. The number of allylic oxidation sites excluding steroid dienone is 6. The second kappa shape index (κ2) is 48.2. The summed E-state index contributed by atoms with van der Waals surface area (Å²) in [5.41, 5.74) is 0. The van der Waals surface area contributed by atoms with E-state index in [1.54, 1.807) is 0 Å². The summed E-state index contributed by atoms with van der Waals surface area (Å²) in [6.45, 7) is 5.66. The summed E-state index contributed by atoms with van der Waals surface area (Å²) in [5, 5.41) is 0. The summed E-state index contributed by atoms with van der Waals surface area (Å²) in [4.78, 5) is 23.0. The molecule has 8 nitrogen and oxygen atoms in total. The molecule has 0 aliphatic carbocycles. The van der Waals surface area contributed by atoms with Crippen LogP contribution in [0.3, 0.4) is 0 Å². The maximum absolute atomic E-state index is 12.8. The quantitative estimate of drug-likeness (QED) is 0.0214. The summed E-state index contributed by atoms with van der Waals surface area (Å²) >= 11 is 0. The first-order valence-electron chi connectivity index (χ1n) is 27.2. The number of nitrogens with zero attached hydrogens (tertiary/aromatic N) is 1. The largest absolute Gasteiger partial charge is 0.472 e. The number of ether oxygens (including phenoxy) is 2. The van der Waals surface area contributed by atoms with Gasteiger partial charge in [-0.15, -0.1) is 0 Å². The van der Waals surface area contributed by atoms with E-state index in [0.717, 1.165) is 44.9 Å². The van der Waals surface area contributed by atoms with E-state index in [1.807, 2.05) is 21.1 Å². The molecule has 64 heavy (non-hydrogen) atoms. The van der Waals surface area contributed by atoms with Gasteiger partial charge in [0.15, 0.2) is 0 Å². The first-order valence-corrected chi connectivity index (χ1v) is 28.7. The van der Waals surface area contributed by atoms with Crippen molar-refractivity contribution in [2.45, 2.75) is 258 Å². The molecule has 1 N–H and O–H groups in total. The van der Waals surface area contributed by atoms with Crippen LogP contribution in [-0.4, -0.2) is 75.6 Å². The lowest BCUT2D eigenvalue weighted by molar-refractivity contribution is -0.870. The summed E-state index contributed by atoms with van der Waals surface area (Å²) < 4.78 is 35.2. The molecule has 0 saturated heterocycles. The highest BCUT2D eigenvalue weighted by Gasteiger charge is 2.26. The van der Waals surface area contributed by atoms with Gasteiger partial charge in [-0.05, 0) is 51.4 Å². The molecule has 0 aliphatic rings. The lowest BCUT2D eigenvalue weighted by atomic mass is 10.0. The predicted molar refractivity (Wildman–Crippen MR) is 275 cm³/mol. The van der Waals surface area contributed by atoms with Crippen LogP contribution in [0.1, 0.15) is 251 Å². The molecular formula is C55H107NO7P+. The van der Waals surface area contributed by atoms with Gasteiger partial charge < -0.3 is 18.9 Å². The lowest BCUT2D eigenvalue weighted by Gasteiger charge is -2.24. The molecular weight excluding hydrogens is 818 g/mol. The van der Waals surface area contributed by atoms with Gasteiger partial charge in [-0.25, -0.2) is 4.57 Å². The highest BCUT2D eigenvalue weighted by atomic mass is 31.2. The third kappa shape index (κ3) is 51.7. The molecule has 0 aromatic heterocycles. The fourth-order valence-corrected chi connectivity index (χ4v) is 8.48. The SMILES string of the molecule is CCCCCCC/C=C\C/C=C\C/C=C\CCCCCCCCCCCCC(=O)OC(COCCCCCCCCCCCCCCCCCCC)COP(=O)(O)OCC[N+](C)(C)C. The summed E-state index contributed by atoms with van der Waals surface area (Å²) in [7, 11) is 1.67. The molecule has 0 fully saturated rings. The Bertz CT molecular complexity index is 1120. The highest BCUT2D eigenvalue weighted by molar-refractivity contribution is 7.47. The Morgan fingerprint density at radius 3 is 1.28 bits per heavy atom. The first-order chi connectivity index (χ1) is 31.1. The smallest absolute Gasteiger partial charge is 0.457 e. The number of hydrogen-bond acceptors (Lipinski definition) is 6. The Morgan fingerprint density at radius 2 is 0.859 bits per heavy atom. The van der Waals surface area contributed by atoms with E-state index in [-0.39, 0.29) is 25.8 Å². The lowest BCUT2D eigenvalue weighted by Crippen LogP contribution is -2.37. The number of likely N-dealkylation sites (N-methyl/N-ethyl adjacent to an activating group) is 1. The van der Waals surface area contributed by atoms with Crippen molar-refractivity contribution in [3.05, 3.63) is 36.5 Å². The molecule has 2 unspecified atom stereocenters. The number of phosphoric acid groups is 1. The van der Waals surface area contributed by atoms with Gasteiger partial charge in [0.2, 0.25) is 0 Å². The third-order valence-electron chi connectivity index (χ3n) is 12.0. The molecule has 0 saturated carbocycles. The third-order valence-corrected chi connectivity index (χ3v) is 12.9. The highest BCUT2D eigenvalue weighted by Crippen LogP contribution is 2.43. The van der Waals surface area contributed by atoms with Crippen LogP contribution >= 0.6 is 7.82 Å². The maximum atomic E-state index is 12.8. The molecule has 2 atom stereocenters. The Labute approximate surface area is 397 Å². The minimum Gasteiger partial charge on any atom is -0.457 e. The molecule has 0 aliphatic heterocycles. The van der Waals surface area contributed by atoms with Crippen molar-refractivity contribution in [1.82, 2.24) is 0 Å². The molecule has 378 valence electrons. The van der Waals surface area contributed by atoms with Crippen LogP contribution in [0, 0.1) is 0 Å². The predicted octanol–water partition coefficient (Wildman–Crippen LogP) is 16.9. The van der Waals surface area contributed by atoms with Gasteiger partial charge in [0.25, 0.3) is 0 Å². The molecule has 9 heteroatoms. The van der Waals surface area contributed by atoms with Crippen LogP contribution in [0.25, 0.3) is 0 Å². The fraction of sp³-hybridized carbons (Fsp3) is 0.873. The maximum Gasteiger partial charge on any atom is 0.472 e. The van der Waals surface area contributed by atoms with Crippen LogP contribution in [-0.2, 0) is 27.9 Å². The second-order valence-electron chi connectivity index (χ2n) is 19.6. The van der Waals surface area contributed by atoms with Crippen molar-refractivity contribution in [3.8, 4) is 0 Å². The van der Waals surface area contributed by atoms with Gasteiger partial charge in [-0.2, -0.15) is 0 Å². The van der Waals surface area contributed by atoms with Gasteiger partial charge >= 0.3 is 13.8 Å². The van der Waals surface area contributed by atoms with Crippen LogP contribution in [0.5, 0.6) is 0 Å². The normalized spacial score (nSPS) is 13.8. The van der Waals surface area contributed by atoms with E-state index < -0.39 is 13.9 Å². The number of phosphoric ester groups is 1. The Balaban J connectivity index is 4.09. The van der Waals surface area contributed by atoms with Crippen molar-refractivity contribution in [2.75, 3.05) is 54.1 Å². The van der Waals surface area contributed by atoms with E-state index in [9.17, 15) is 14.3 Å². The van der Waals surface area contributed by atoms with Gasteiger partial charge in [0.1, 0.15) is 19.3 Å². The summed E-state index contributed by atoms with van der Waals surface area (Å²) in [5.74, 6) is -0.313. The molecule has 0 aromatic rings. The molecule has 0 bridgehead atoms. The molecule has 0 aromatic carbocycles. The number of carbonyl (C=O) groups excluding carboxylic acids is 1. The zero-order valence-corrected chi connectivity index (χ0v) is 43.9. The van der Waals surface area contributed by atoms with Gasteiger partial charge in [0.05, 0.1) is 34.4 Å². The van der Waals surface area contributed by atoms with Crippen LogP contribution < -0.4 is 0 Å².